The molecule has 3 N–H and O–H groups in total. The molecule has 2 atom stereocenters. The quantitative estimate of drug-likeness (QED) is 0.736. The molecule has 6 nitrogen and oxygen atoms in total. The van der Waals surface area contributed by atoms with Crippen molar-refractivity contribution in [2.45, 2.75) is 31.9 Å². The average Bonchev–Trinajstić information content (AvgIpc) is 2.94. The Kier molecular flexibility index (Phi) is 5.44. The van der Waals surface area contributed by atoms with Crippen LogP contribution in [0.4, 0.5) is 5.69 Å². The summed E-state index contributed by atoms with van der Waals surface area (Å²) in [6, 6.07) is 6.63. The summed E-state index contributed by atoms with van der Waals surface area (Å²) in [4.78, 5) is 0. The van der Waals surface area contributed by atoms with Crippen molar-refractivity contribution in [2.24, 2.45) is 0 Å². The van der Waals surface area contributed by atoms with Gasteiger partial charge in [0.2, 0.25) is 10.0 Å². The standard InChI is InChI=1S/C14H22N2O4S/c1-11(14-3-2-8-20-14)16-21(17,18)10-9-19-13-6-4-12(15)5-7-13/h4-7,11,14,16H,2-3,8-10,15H2,1H3. The highest BCUT2D eigenvalue weighted by Crippen LogP contribution is 2.16. The first-order valence-electron chi connectivity index (χ1n) is 7.06. The van der Waals surface area contributed by atoms with Crippen molar-refractivity contribution in [3.8, 4) is 5.75 Å². The molecule has 0 spiro atoms. The Labute approximate surface area is 125 Å². The third kappa shape index (κ3) is 5.18. The molecule has 1 heterocycles. The van der Waals surface area contributed by atoms with Crippen LogP contribution in [0, 0.1) is 0 Å². The molecule has 0 bridgehead atoms. The van der Waals surface area contributed by atoms with E-state index < -0.39 is 10.0 Å². The molecule has 1 saturated heterocycles. The van der Waals surface area contributed by atoms with Crippen LogP contribution >= 0.6 is 0 Å². The molecule has 0 amide bonds. The number of nitrogens with one attached hydrogen (secondary N) is 1. The highest BCUT2D eigenvalue weighted by Gasteiger charge is 2.25. The SMILES string of the molecule is CC(NS(=O)(=O)CCOc1ccc(N)cc1)C1CCCO1. The van der Waals surface area contributed by atoms with Crippen LogP contribution in [0.2, 0.25) is 0 Å². The molecule has 118 valence electrons. The zero-order valence-corrected chi connectivity index (χ0v) is 12.9. The van der Waals surface area contributed by atoms with Crippen LogP contribution in [0.5, 0.6) is 5.75 Å². The van der Waals surface area contributed by atoms with E-state index in [1.165, 1.54) is 0 Å². The van der Waals surface area contributed by atoms with E-state index >= 15 is 0 Å². The summed E-state index contributed by atoms with van der Waals surface area (Å²) in [5, 5.41) is 0. The smallest absolute Gasteiger partial charge is 0.215 e. The van der Waals surface area contributed by atoms with E-state index in [9.17, 15) is 8.42 Å². The molecule has 0 aliphatic carbocycles. The second-order valence-electron chi connectivity index (χ2n) is 5.19. The number of hydrogen-bond acceptors (Lipinski definition) is 5. The Bertz CT molecular complexity index is 539. The second kappa shape index (κ2) is 7.11. The van der Waals surface area contributed by atoms with Crippen LogP contribution < -0.4 is 15.2 Å². The van der Waals surface area contributed by atoms with Gasteiger partial charge in [-0.15, -0.1) is 0 Å². The number of rotatable bonds is 7. The summed E-state index contributed by atoms with van der Waals surface area (Å²) in [6.07, 6.45) is 1.85. The van der Waals surface area contributed by atoms with Gasteiger partial charge in [-0.25, -0.2) is 13.1 Å². The summed E-state index contributed by atoms with van der Waals surface area (Å²) in [5.41, 5.74) is 6.21. The predicted octanol–water partition coefficient (Wildman–Crippen LogP) is 1.13. The predicted molar refractivity (Wildman–Crippen MR) is 81.7 cm³/mol. The van der Waals surface area contributed by atoms with E-state index in [0.29, 0.717) is 18.0 Å². The average molecular weight is 314 g/mol. The van der Waals surface area contributed by atoms with Gasteiger partial charge in [0.1, 0.15) is 12.4 Å². The van der Waals surface area contributed by atoms with Gasteiger partial charge in [-0.1, -0.05) is 0 Å². The topological polar surface area (TPSA) is 90.7 Å². The third-order valence-electron chi connectivity index (χ3n) is 3.39. The van der Waals surface area contributed by atoms with Crippen LogP contribution in [-0.2, 0) is 14.8 Å². The Balaban J connectivity index is 1.76. The van der Waals surface area contributed by atoms with Crippen molar-refractivity contribution in [3.05, 3.63) is 24.3 Å². The van der Waals surface area contributed by atoms with Crippen LogP contribution in [0.25, 0.3) is 0 Å². The first-order valence-corrected chi connectivity index (χ1v) is 8.71. The molecule has 1 aliphatic rings. The number of ether oxygens (including phenoxy) is 2. The minimum atomic E-state index is -3.38. The van der Waals surface area contributed by atoms with E-state index in [2.05, 4.69) is 4.72 Å². The largest absolute Gasteiger partial charge is 0.492 e. The van der Waals surface area contributed by atoms with E-state index in [-0.39, 0.29) is 24.5 Å². The molecule has 0 saturated carbocycles. The first-order chi connectivity index (χ1) is 9.96. The van der Waals surface area contributed by atoms with Crippen LogP contribution in [0.3, 0.4) is 0 Å². The summed E-state index contributed by atoms with van der Waals surface area (Å²) in [5.74, 6) is 0.514. The van der Waals surface area contributed by atoms with Gasteiger partial charge in [0.25, 0.3) is 0 Å². The van der Waals surface area contributed by atoms with Gasteiger partial charge in [-0.05, 0) is 44.0 Å². The van der Waals surface area contributed by atoms with Crippen molar-refractivity contribution in [3.63, 3.8) is 0 Å². The van der Waals surface area contributed by atoms with E-state index in [1.54, 1.807) is 24.3 Å². The zero-order chi connectivity index (χ0) is 15.3. The Morgan fingerprint density at radius 1 is 1.43 bits per heavy atom. The van der Waals surface area contributed by atoms with E-state index in [4.69, 9.17) is 15.2 Å². The Morgan fingerprint density at radius 2 is 2.14 bits per heavy atom. The van der Waals surface area contributed by atoms with Gasteiger partial charge in [0.05, 0.1) is 11.9 Å². The van der Waals surface area contributed by atoms with Gasteiger partial charge >= 0.3 is 0 Å². The van der Waals surface area contributed by atoms with Gasteiger partial charge in [0.15, 0.2) is 0 Å². The maximum Gasteiger partial charge on any atom is 0.215 e. The highest BCUT2D eigenvalue weighted by molar-refractivity contribution is 7.89. The minimum Gasteiger partial charge on any atom is -0.492 e. The lowest BCUT2D eigenvalue weighted by Crippen LogP contribution is -2.42. The van der Waals surface area contributed by atoms with Crippen molar-refractivity contribution in [1.29, 1.82) is 0 Å². The zero-order valence-electron chi connectivity index (χ0n) is 12.1. The highest BCUT2D eigenvalue weighted by atomic mass is 32.2. The van der Waals surface area contributed by atoms with Crippen molar-refractivity contribution in [1.82, 2.24) is 4.72 Å². The summed E-state index contributed by atoms with van der Waals surface area (Å²) >= 11 is 0. The number of hydrogen-bond donors (Lipinski definition) is 2. The fraction of sp³-hybridized carbons (Fsp3) is 0.571. The Hall–Kier alpha value is -1.31. The monoisotopic (exact) mass is 314 g/mol. The molecule has 1 fully saturated rings. The fourth-order valence-corrected chi connectivity index (χ4v) is 3.39. The number of sulfonamides is 1. The molecule has 1 aliphatic heterocycles. The van der Waals surface area contributed by atoms with Gasteiger partial charge in [-0.3, -0.25) is 0 Å². The minimum absolute atomic E-state index is 0.0298. The number of anilines is 1. The molecule has 7 heteroatoms. The summed E-state index contributed by atoms with van der Waals surface area (Å²) in [7, 11) is -3.38. The molecule has 0 radical (unpaired) electrons. The van der Waals surface area contributed by atoms with Crippen LogP contribution in [-0.4, -0.2) is 39.5 Å². The van der Waals surface area contributed by atoms with Gasteiger partial charge in [-0.2, -0.15) is 0 Å². The third-order valence-corrected chi connectivity index (χ3v) is 4.82. The van der Waals surface area contributed by atoms with Crippen molar-refractivity contribution >= 4 is 15.7 Å². The number of nitrogens with two attached hydrogens (primary N) is 1. The molecule has 1 aromatic rings. The van der Waals surface area contributed by atoms with E-state index in [0.717, 1.165) is 12.8 Å². The van der Waals surface area contributed by atoms with Crippen molar-refractivity contribution < 1.29 is 17.9 Å². The lowest BCUT2D eigenvalue weighted by atomic mass is 10.1. The van der Waals surface area contributed by atoms with Crippen LogP contribution in [0.15, 0.2) is 24.3 Å². The summed E-state index contributed by atoms with van der Waals surface area (Å²) < 4.78 is 37.5. The van der Waals surface area contributed by atoms with Gasteiger partial charge in [0, 0.05) is 18.3 Å². The Morgan fingerprint density at radius 3 is 2.76 bits per heavy atom. The van der Waals surface area contributed by atoms with E-state index in [1.807, 2.05) is 6.92 Å². The maximum absolute atomic E-state index is 12.0. The molecule has 21 heavy (non-hydrogen) atoms. The number of nitrogen functional groups attached to an aromatic ring is 1. The molecule has 1 aromatic carbocycles. The lowest BCUT2D eigenvalue weighted by molar-refractivity contribution is 0.0902. The van der Waals surface area contributed by atoms with Crippen molar-refractivity contribution in [2.75, 3.05) is 24.7 Å². The molecular weight excluding hydrogens is 292 g/mol. The molecule has 0 aromatic heterocycles. The maximum atomic E-state index is 12.0. The fourth-order valence-electron chi connectivity index (χ4n) is 2.25. The first kappa shape index (κ1) is 16.1. The van der Waals surface area contributed by atoms with Crippen LogP contribution in [0.1, 0.15) is 19.8 Å². The molecule has 2 unspecified atom stereocenters. The van der Waals surface area contributed by atoms with Gasteiger partial charge < -0.3 is 15.2 Å². The molecular formula is C14H22N2O4S. The summed E-state index contributed by atoms with van der Waals surface area (Å²) in [6.45, 7) is 2.63. The second-order valence-corrected chi connectivity index (χ2v) is 7.07. The molecule has 2 rings (SSSR count). The number of benzene rings is 1. The lowest BCUT2D eigenvalue weighted by Gasteiger charge is -2.19. The normalized spacial score (nSPS) is 20.3.